The normalized spacial score (nSPS) is 11.0. The van der Waals surface area contributed by atoms with Gasteiger partial charge < -0.3 is 5.32 Å². The molecule has 0 atom stereocenters. The third kappa shape index (κ3) is 5.07. The van der Waals surface area contributed by atoms with Gasteiger partial charge in [-0.25, -0.2) is 4.98 Å². The summed E-state index contributed by atoms with van der Waals surface area (Å²) in [5.41, 5.74) is 6.37. The van der Waals surface area contributed by atoms with Gasteiger partial charge in [0.2, 0.25) is 11.0 Å². The second-order valence-electron chi connectivity index (χ2n) is 5.78. The second kappa shape index (κ2) is 8.52. The maximum atomic E-state index is 11.5. The first kappa shape index (κ1) is 19.4. The summed E-state index contributed by atoms with van der Waals surface area (Å²) >= 11 is 13.3. The first-order valence-corrected chi connectivity index (χ1v) is 9.59. The lowest BCUT2D eigenvalue weighted by Gasteiger charge is -2.02. The van der Waals surface area contributed by atoms with E-state index >= 15 is 0 Å². The lowest BCUT2D eigenvalue weighted by atomic mass is 10.1. The summed E-state index contributed by atoms with van der Waals surface area (Å²) in [6, 6.07) is 13.1. The van der Waals surface area contributed by atoms with E-state index in [0.29, 0.717) is 25.9 Å². The number of carbonyl (C=O) groups excluding carboxylic acids is 1. The van der Waals surface area contributed by atoms with Crippen molar-refractivity contribution < 1.29 is 4.79 Å². The monoisotopic (exact) mass is 418 g/mol. The van der Waals surface area contributed by atoms with E-state index in [1.165, 1.54) is 18.3 Å². The molecule has 27 heavy (non-hydrogen) atoms. The Kier molecular flexibility index (Phi) is 6.11. The molecule has 0 aliphatic rings. The molecule has 2 N–H and O–H groups in total. The highest BCUT2D eigenvalue weighted by Gasteiger charge is 2.14. The van der Waals surface area contributed by atoms with Crippen LogP contribution in [-0.4, -0.2) is 17.1 Å². The molecule has 1 aromatic heterocycles. The van der Waals surface area contributed by atoms with E-state index in [0.717, 1.165) is 16.7 Å². The lowest BCUT2D eigenvalue weighted by Crippen LogP contribution is -2.05. The minimum Gasteiger partial charge on any atom is -0.316 e. The number of anilines is 2. The first-order valence-electron chi connectivity index (χ1n) is 8.02. The molecule has 0 fully saturated rings. The Morgan fingerprint density at radius 1 is 1.19 bits per heavy atom. The lowest BCUT2D eigenvalue weighted by molar-refractivity contribution is -0.114. The van der Waals surface area contributed by atoms with Crippen LogP contribution in [0, 0.1) is 6.92 Å². The fourth-order valence-corrected chi connectivity index (χ4v) is 3.62. The highest BCUT2D eigenvalue weighted by molar-refractivity contribution is 7.20. The van der Waals surface area contributed by atoms with Crippen LogP contribution >= 0.6 is 34.5 Å². The first-order chi connectivity index (χ1) is 12.9. The standard InChI is InChI=1S/C19H16Cl2N4OS/c1-11-3-5-13(6-4-11)17-18(23-12(2)26)27-19(24-17)25-22-10-14-7-8-15(20)9-16(14)21/h3-10H,1-2H3,(H,23,26)(H,24,25). The molecule has 0 saturated carbocycles. The number of nitrogens with one attached hydrogen (secondary N) is 2. The van der Waals surface area contributed by atoms with Gasteiger partial charge in [0.1, 0.15) is 10.7 Å². The molecule has 3 aromatic rings. The Bertz CT molecular complexity index is 999. The fourth-order valence-electron chi connectivity index (χ4n) is 2.28. The SMILES string of the molecule is CC(=O)Nc1sc(NN=Cc2ccc(Cl)cc2Cl)nc1-c1ccc(C)cc1. The van der Waals surface area contributed by atoms with Gasteiger partial charge in [-0.15, -0.1) is 0 Å². The number of benzene rings is 2. The topological polar surface area (TPSA) is 66.4 Å². The van der Waals surface area contributed by atoms with Crippen LogP contribution in [0.4, 0.5) is 10.1 Å². The van der Waals surface area contributed by atoms with Crippen LogP contribution in [-0.2, 0) is 4.79 Å². The summed E-state index contributed by atoms with van der Waals surface area (Å²) in [4.78, 5) is 16.1. The Morgan fingerprint density at radius 3 is 2.59 bits per heavy atom. The highest BCUT2D eigenvalue weighted by Crippen LogP contribution is 2.36. The van der Waals surface area contributed by atoms with Crippen LogP contribution in [0.5, 0.6) is 0 Å². The third-order valence-electron chi connectivity index (χ3n) is 3.57. The second-order valence-corrected chi connectivity index (χ2v) is 7.62. The minimum absolute atomic E-state index is 0.157. The van der Waals surface area contributed by atoms with Crippen LogP contribution in [0.2, 0.25) is 10.0 Å². The van der Waals surface area contributed by atoms with E-state index < -0.39 is 0 Å². The van der Waals surface area contributed by atoms with Gasteiger partial charge in [0.25, 0.3) is 0 Å². The van der Waals surface area contributed by atoms with Crippen molar-refractivity contribution in [2.24, 2.45) is 5.10 Å². The molecule has 138 valence electrons. The van der Waals surface area contributed by atoms with E-state index in [2.05, 4.69) is 20.8 Å². The Morgan fingerprint density at radius 2 is 1.93 bits per heavy atom. The smallest absolute Gasteiger partial charge is 0.221 e. The Labute approximate surface area is 171 Å². The molecular weight excluding hydrogens is 403 g/mol. The van der Waals surface area contributed by atoms with Crippen molar-refractivity contribution in [3.8, 4) is 11.3 Å². The zero-order valence-corrected chi connectivity index (χ0v) is 16.9. The molecule has 1 heterocycles. The molecule has 0 aliphatic heterocycles. The molecule has 0 unspecified atom stereocenters. The molecule has 2 aromatic carbocycles. The number of aromatic nitrogens is 1. The zero-order valence-electron chi connectivity index (χ0n) is 14.6. The molecule has 3 rings (SSSR count). The zero-order chi connectivity index (χ0) is 19.4. The predicted molar refractivity (Wildman–Crippen MR) is 114 cm³/mol. The molecular formula is C19H16Cl2N4OS. The van der Waals surface area contributed by atoms with E-state index in [1.54, 1.807) is 24.4 Å². The van der Waals surface area contributed by atoms with Crippen molar-refractivity contribution in [1.82, 2.24) is 4.98 Å². The highest BCUT2D eigenvalue weighted by atomic mass is 35.5. The summed E-state index contributed by atoms with van der Waals surface area (Å²) in [7, 11) is 0. The maximum Gasteiger partial charge on any atom is 0.221 e. The van der Waals surface area contributed by atoms with Gasteiger partial charge in [0.15, 0.2) is 0 Å². The number of hydrazone groups is 1. The van der Waals surface area contributed by atoms with Crippen LogP contribution < -0.4 is 10.7 Å². The van der Waals surface area contributed by atoms with Gasteiger partial charge in [-0.05, 0) is 19.1 Å². The van der Waals surface area contributed by atoms with E-state index in [1.807, 2.05) is 31.2 Å². The number of thiazole rings is 1. The summed E-state index contributed by atoms with van der Waals surface area (Å²) in [6.07, 6.45) is 1.59. The van der Waals surface area contributed by atoms with Crippen LogP contribution in [0.1, 0.15) is 18.1 Å². The Hall–Kier alpha value is -2.41. The fraction of sp³-hybridized carbons (Fsp3) is 0.105. The molecule has 0 spiro atoms. The quantitative estimate of drug-likeness (QED) is 0.404. The van der Waals surface area contributed by atoms with Crippen molar-refractivity contribution in [2.75, 3.05) is 10.7 Å². The van der Waals surface area contributed by atoms with Crippen LogP contribution in [0.15, 0.2) is 47.6 Å². The molecule has 1 amide bonds. The number of aryl methyl sites for hydroxylation is 1. The molecule has 5 nitrogen and oxygen atoms in total. The number of halogens is 2. The number of hydrogen-bond acceptors (Lipinski definition) is 5. The molecule has 8 heteroatoms. The van der Waals surface area contributed by atoms with E-state index in [-0.39, 0.29) is 5.91 Å². The van der Waals surface area contributed by atoms with E-state index in [4.69, 9.17) is 23.2 Å². The number of hydrogen-bond donors (Lipinski definition) is 2. The van der Waals surface area contributed by atoms with Crippen LogP contribution in [0.3, 0.4) is 0 Å². The largest absolute Gasteiger partial charge is 0.316 e. The summed E-state index contributed by atoms with van der Waals surface area (Å²) in [6.45, 7) is 3.48. The van der Waals surface area contributed by atoms with Gasteiger partial charge in [-0.2, -0.15) is 5.10 Å². The predicted octanol–water partition coefficient (Wildman–Crippen LogP) is 5.83. The van der Waals surface area contributed by atoms with Crippen molar-refractivity contribution in [2.45, 2.75) is 13.8 Å². The minimum atomic E-state index is -0.157. The average Bonchev–Trinajstić information content (AvgIpc) is 2.99. The van der Waals surface area contributed by atoms with Crippen LogP contribution in [0.25, 0.3) is 11.3 Å². The van der Waals surface area contributed by atoms with Gasteiger partial charge >= 0.3 is 0 Å². The molecule has 0 bridgehead atoms. The molecule has 0 radical (unpaired) electrons. The van der Waals surface area contributed by atoms with Crippen molar-refractivity contribution in [3.63, 3.8) is 0 Å². The average molecular weight is 419 g/mol. The van der Waals surface area contributed by atoms with Crippen molar-refractivity contribution in [3.05, 3.63) is 63.6 Å². The summed E-state index contributed by atoms with van der Waals surface area (Å²) in [5.74, 6) is -0.157. The molecule has 0 saturated heterocycles. The number of amides is 1. The number of nitrogens with zero attached hydrogens (tertiary/aromatic N) is 2. The van der Waals surface area contributed by atoms with Gasteiger partial charge in [0.05, 0.1) is 11.2 Å². The maximum absolute atomic E-state index is 11.5. The summed E-state index contributed by atoms with van der Waals surface area (Å²) in [5, 5.41) is 9.28. The van der Waals surface area contributed by atoms with Gasteiger partial charge in [-0.1, -0.05) is 70.4 Å². The van der Waals surface area contributed by atoms with Crippen molar-refractivity contribution >= 4 is 56.8 Å². The third-order valence-corrected chi connectivity index (χ3v) is 5.01. The van der Waals surface area contributed by atoms with Gasteiger partial charge in [0, 0.05) is 23.1 Å². The number of carbonyl (C=O) groups is 1. The summed E-state index contributed by atoms with van der Waals surface area (Å²) < 4.78 is 0. The number of rotatable bonds is 5. The van der Waals surface area contributed by atoms with Gasteiger partial charge in [-0.3, -0.25) is 10.2 Å². The van der Waals surface area contributed by atoms with E-state index in [9.17, 15) is 4.79 Å². The molecule has 0 aliphatic carbocycles. The van der Waals surface area contributed by atoms with Crippen molar-refractivity contribution in [1.29, 1.82) is 0 Å². The Balaban J connectivity index is 1.84.